The van der Waals surface area contributed by atoms with E-state index in [0.29, 0.717) is 35.2 Å². The van der Waals surface area contributed by atoms with Crippen molar-refractivity contribution >= 4 is 13.8 Å². The molecule has 0 N–H and O–H groups in total. The predicted octanol–water partition coefficient (Wildman–Crippen LogP) is 10.3. The molecule has 8 atom stereocenters. The third-order valence-corrected chi connectivity index (χ3v) is 16.1. The third-order valence-electron chi connectivity index (χ3n) is 14.8. The average molecular weight is 717 g/mol. The van der Waals surface area contributed by atoms with Crippen LogP contribution in [0.3, 0.4) is 0 Å². The van der Waals surface area contributed by atoms with Gasteiger partial charge in [0, 0.05) is 90.7 Å². The number of carbonyl (C=O) groups excluding carboxylic acids is 1. The van der Waals surface area contributed by atoms with Crippen molar-refractivity contribution in [1.29, 1.82) is 0 Å². The monoisotopic (exact) mass is 716 g/mol. The Labute approximate surface area is 308 Å². The van der Waals surface area contributed by atoms with E-state index < -0.39 is 7.82 Å². The van der Waals surface area contributed by atoms with Crippen LogP contribution in [0.1, 0.15) is 169 Å². The number of phosphoric ester groups is 1. The molecule has 7 heteroatoms. The summed E-state index contributed by atoms with van der Waals surface area (Å²) in [4.78, 5) is 13.1. The van der Waals surface area contributed by atoms with E-state index >= 15 is 0 Å². The summed E-state index contributed by atoms with van der Waals surface area (Å²) in [7, 11) is -1.18. The first-order valence-corrected chi connectivity index (χ1v) is 20.7. The van der Waals surface area contributed by atoms with Gasteiger partial charge >= 0.3 is 13.8 Å². The highest BCUT2D eigenvalue weighted by Crippen LogP contribution is 2.72. The molecule has 0 saturated heterocycles. The Morgan fingerprint density at radius 1 is 0.491 bits per heavy atom. The smallest absolute Gasteiger partial charge is 0.426 e. The molecule has 5 aromatic rings. The van der Waals surface area contributed by atoms with Crippen LogP contribution in [0.5, 0.6) is 11.5 Å². The van der Waals surface area contributed by atoms with Gasteiger partial charge in [0.2, 0.25) is 0 Å². The zero-order chi connectivity index (χ0) is 35.2. The molecule has 8 aliphatic rings. The van der Waals surface area contributed by atoms with E-state index in [1.165, 1.54) is 87.9 Å². The fourth-order valence-electron chi connectivity index (χ4n) is 13.0. The Morgan fingerprint density at radius 3 is 1.11 bits per heavy atom. The number of benzene rings is 5. The van der Waals surface area contributed by atoms with Gasteiger partial charge in [0.1, 0.15) is 11.5 Å². The highest BCUT2D eigenvalue weighted by Gasteiger charge is 2.56. The van der Waals surface area contributed by atoms with Crippen LogP contribution in [0.25, 0.3) is 0 Å². The summed E-state index contributed by atoms with van der Waals surface area (Å²) >= 11 is 0. The highest BCUT2D eigenvalue weighted by atomic mass is 31.2. The van der Waals surface area contributed by atoms with Gasteiger partial charge in [-0.25, -0.2) is 4.57 Å². The molecule has 0 radical (unpaired) electrons. The van der Waals surface area contributed by atoms with E-state index in [0.717, 1.165) is 47.9 Å². The van der Waals surface area contributed by atoms with Crippen LogP contribution in [0.2, 0.25) is 0 Å². The summed E-state index contributed by atoms with van der Waals surface area (Å²) in [5.41, 5.74) is 21.0. The molecule has 5 aromatic carbocycles. The Kier molecular flexibility index (Phi) is 5.52. The van der Waals surface area contributed by atoms with Gasteiger partial charge in [0.15, 0.2) is 0 Å². The molecule has 8 unspecified atom stereocenters. The number of carbonyl (C=O) groups is 1. The van der Waals surface area contributed by atoms with E-state index in [1.807, 2.05) is 0 Å². The number of esters is 1. The van der Waals surface area contributed by atoms with E-state index in [4.69, 9.17) is 18.3 Å². The lowest BCUT2D eigenvalue weighted by molar-refractivity contribution is -0.132. The Hall–Kier alpha value is -4.48. The molecule has 0 aromatic heterocycles. The maximum atomic E-state index is 14.0. The van der Waals surface area contributed by atoms with Gasteiger partial charge in [0.05, 0.1) is 0 Å². The molecular weight excluding hydrogens is 679 g/mol. The average Bonchev–Trinajstić information content (AvgIpc) is 4.05. The van der Waals surface area contributed by atoms with E-state index in [9.17, 15) is 9.36 Å². The lowest BCUT2D eigenvalue weighted by atomic mass is 9.74. The van der Waals surface area contributed by atoms with Crippen molar-refractivity contribution in [2.45, 2.75) is 80.0 Å². The second-order valence-electron chi connectivity index (χ2n) is 16.7. The molecule has 0 fully saturated rings. The lowest BCUT2D eigenvalue weighted by Crippen LogP contribution is -2.18. The highest BCUT2D eigenvalue weighted by molar-refractivity contribution is 7.48. The second kappa shape index (κ2) is 9.78. The van der Waals surface area contributed by atoms with Crippen LogP contribution >= 0.6 is 7.82 Å². The van der Waals surface area contributed by atoms with Crippen molar-refractivity contribution in [3.63, 3.8) is 0 Å². The minimum absolute atomic E-state index is 0.0206. The molecule has 0 amide bonds. The van der Waals surface area contributed by atoms with Gasteiger partial charge < -0.3 is 9.26 Å². The molecule has 0 saturated carbocycles. The molecule has 0 aliphatic heterocycles. The van der Waals surface area contributed by atoms with E-state index in [2.05, 4.69) is 72.8 Å². The molecule has 6 nitrogen and oxygen atoms in total. The topological polar surface area (TPSA) is 71.1 Å². The van der Waals surface area contributed by atoms with Gasteiger partial charge in [0.25, 0.3) is 0 Å². The molecule has 0 spiro atoms. The molecule has 53 heavy (non-hydrogen) atoms. The zero-order valence-electron chi connectivity index (χ0n) is 29.8. The first kappa shape index (κ1) is 29.9. The Balaban J connectivity index is 1.03. The molecule has 8 bridgehead atoms. The number of hydrogen-bond acceptors (Lipinski definition) is 6. The van der Waals surface area contributed by atoms with Crippen molar-refractivity contribution in [1.82, 2.24) is 0 Å². The number of phosphoric acid groups is 1. The summed E-state index contributed by atoms with van der Waals surface area (Å²) in [6.07, 6.45) is 3.99. The third kappa shape index (κ3) is 3.47. The first-order chi connectivity index (χ1) is 25.9. The van der Waals surface area contributed by atoms with Crippen molar-refractivity contribution in [2.75, 3.05) is 14.2 Å². The van der Waals surface area contributed by atoms with Gasteiger partial charge in [-0.3, -0.25) is 13.8 Å². The standard InChI is InChI=1S/C46H37O6P/c1-20(47)51-45-41-37-18-39(35-16-31-27-12-25(29(31)14-33(35)37)21-8-4-6-10-23(21)27)43(41)46(52-53(48,49-2)50-3)44-40-19-38(42(44)45)34-15-30-26-13-28(32(30)17-36(34)40)24-11-7-5-9-22(24)26/h4-11,14-17,25-28,37-40H,12-13,18-19H2,1-3H3. The molecule has 262 valence electrons. The zero-order valence-corrected chi connectivity index (χ0v) is 30.7. The van der Waals surface area contributed by atoms with E-state index in [-0.39, 0.29) is 29.6 Å². The lowest BCUT2D eigenvalue weighted by Gasteiger charge is -2.33. The van der Waals surface area contributed by atoms with Crippen molar-refractivity contribution in [3.8, 4) is 11.5 Å². The van der Waals surface area contributed by atoms with Crippen LogP contribution in [0.15, 0.2) is 72.8 Å². The predicted molar refractivity (Wildman–Crippen MR) is 199 cm³/mol. The van der Waals surface area contributed by atoms with Gasteiger partial charge in [-0.2, -0.15) is 0 Å². The molecule has 8 aliphatic carbocycles. The molecule has 0 heterocycles. The fraction of sp³-hybridized carbons (Fsp3) is 0.326. The summed E-state index contributed by atoms with van der Waals surface area (Å²) in [6.45, 7) is 1.51. The number of hydrogen-bond donors (Lipinski definition) is 0. The van der Waals surface area contributed by atoms with E-state index in [1.54, 1.807) is 0 Å². The Bertz CT molecular complexity index is 2480. The summed E-state index contributed by atoms with van der Waals surface area (Å²) < 4.78 is 38.1. The van der Waals surface area contributed by atoms with Crippen molar-refractivity contribution in [3.05, 3.63) is 162 Å². The maximum Gasteiger partial charge on any atom is 0.529 e. The largest absolute Gasteiger partial charge is 0.529 e. The minimum Gasteiger partial charge on any atom is -0.426 e. The minimum atomic E-state index is -3.95. The number of rotatable bonds is 5. The quantitative estimate of drug-likeness (QED) is 0.102. The van der Waals surface area contributed by atoms with Gasteiger partial charge in [-0.05, 0) is 92.4 Å². The summed E-state index contributed by atoms with van der Waals surface area (Å²) in [6, 6.07) is 27.8. The van der Waals surface area contributed by atoms with Crippen LogP contribution < -0.4 is 9.26 Å². The first-order valence-electron chi connectivity index (χ1n) is 19.2. The normalized spacial score (nSPS) is 28.3. The number of fused-ring (bicyclic) bond motifs is 32. The Morgan fingerprint density at radius 2 is 0.792 bits per heavy atom. The number of ether oxygens (including phenoxy) is 1. The SMILES string of the molecule is COP(=O)(OC)Oc1c2c(c(OC(C)=O)c3c1C1CC3c3cc4c(cc31)C1CC4c3ccccc31)C1CC2c2cc3c(cc21)C1CC3c2ccccc21. The summed E-state index contributed by atoms with van der Waals surface area (Å²) in [5.74, 6) is 2.81. The van der Waals surface area contributed by atoms with Crippen LogP contribution in [-0.2, 0) is 18.4 Å². The van der Waals surface area contributed by atoms with Crippen LogP contribution in [0, 0.1) is 0 Å². The maximum absolute atomic E-state index is 14.0. The van der Waals surface area contributed by atoms with Gasteiger partial charge in [-0.15, -0.1) is 0 Å². The molecule has 13 rings (SSSR count). The summed E-state index contributed by atoms with van der Waals surface area (Å²) in [5, 5.41) is 0. The van der Waals surface area contributed by atoms with Crippen molar-refractivity contribution < 1.29 is 27.7 Å². The van der Waals surface area contributed by atoms with Gasteiger partial charge in [-0.1, -0.05) is 72.8 Å². The van der Waals surface area contributed by atoms with Crippen molar-refractivity contribution in [2.24, 2.45) is 0 Å². The molecular formula is C46H37O6P. The fourth-order valence-corrected chi connectivity index (χ4v) is 13.8. The van der Waals surface area contributed by atoms with Crippen LogP contribution in [-0.4, -0.2) is 20.2 Å². The second-order valence-corrected chi connectivity index (χ2v) is 18.5. The van der Waals surface area contributed by atoms with Crippen LogP contribution in [0.4, 0.5) is 0 Å².